The molecule has 0 aliphatic carbocycles. The Kier molecular flexibility index (Phi) is 5.86. The van der Waals surface area contributed by atoms with Gasteiger partial charge < -0.3 is 5.32 Å². The standard InChI is InChI=1S/C20H18ClN3O4S/c1-13-4-3-5-16(10-13)29(27,28)19-8-9-20(26)24(23-19)12-18(25)22-15-7-6-14(2)17(21)11-15/h3-11H,12H2,1-2H3,(H,22,25). The molecule has 2 aromatic carbocycles. The Morgan fingerprint density at radius 2 is 1.86 bits per heavy atom. The third kappa shape index (κ3) is 4.72. The van der Waals surface area contributed by atoms with Crippen LogP contribution in [0.3, 0.4) is 0 Å². The molecule has 0 saturated carbocycles. The molecule has 0 atom stereocenters. The highest BCUT2D eigenvalue weighted by Gasteiger charge is 2.21. The molecule has 1 amide bonds. The van der Waals surface area contributed by atoms with Gasteiger partial charge in [0.15, 0.2) is 5.03 Å². The number of aryl methyl sites for hydroxylation is 2. The lowest BCUT2D eigenvalue weighted by atomic mass is 10.2. The number of nitrogens with one attached hydrogen (secondary N) is 1. The zero-order valence-corrected chi connectivity index (χ0v) is 17.3. The molecular formula is C20H18ClN3O4S. The van der Waals surface area contributed by atoms with Crippen LogP contribution in [0.1, 0.15) is 11.1 Å². The van der Waals surface area contributed by atoms with Crippen molar-refractivity contribution in [3.05, 3.63) is 81.1 Å². The van der Waals surface area contributed by atoms with Crippen molar-refractivity contribution in [1.82, 2.24) is 9.78 Å². The molecule has 1 heterocycles. The summed E-state index contributed by atoms with van der Waals surface area (Å²) in [5, 5.41) is 6.68. The maximum Gasteiger partial charge on any atom is 0.267 e. The number of halogens is 1. The van der Waals surface area contributed by atoms with Crippen molar-refractivity contribution in [2.24, 2.45) is 0 Å². The van der Waals surface area contributed by atoms with Crippen molar-refractivity contribution in [2.45, 2.75) is 30.3 Å². The number of nitrogens with zero attached hydrogens (tertiary/aromatic N) is 2. The molecule has 0 saturated heterocycles. The zero-order valence-electron chi connectivity index (χ0n) is 15.7. The topological polar surface area (TPSA) is 98.1 Å². The van der Waals surface area contributed by atoms with Crippen LogP contribution in [-0.2, 0) is 21.2 Å². The molecule has 9 heteroatoms. The van der Waals surface area contributed by atoms with Gasteiger partial charge in [0.2, 0.25) is 15.7 Å². The van der Waals surface area contributed by atoms with E-state index in [1.807, 2.05) is 6.92 Å². The van der Waals surface area contributed by atoms with Gasteiger partial charge in [0, 0.05) is 16.8 Å². The third-order valence-corrected chi connectivity index (χ3v) is 6.22. The van der Waals surface area contributed by atoms with Gasteiger partial charge in [-0.1, -0.05) is 29.8 Å². The number of carbonyl (C=O) groups excluding carboxylic acids is 1. The molecule has 0 radical (unpaired) electrons. The second-order valence-electron chi connectivity index (χ2n) is 6.50. The van der Waals surface area contributed by atoms with Crippen molar-refractivity contribution in [3.63, 3.8) is 0 Å². The van der Waals surface area contributed by atoms with Gasteiger partial charge in [-0.3, -0.25) is 9.59 Å². The van der Waals surface area contributed by atoms with Crippen LogP contribution in [0.15, 0.2) is 69.3 Å². The molecule has 1 N–H and O–H groups in total. The number of aromatic nitrogens is 2. The average Bonchev–Trinajstić information content (AvgIpc) is 2.66. The van der Waals surface area contributed by atoms with Gasteiger partial charge in [0.05, 0.1) is 4.90 Å². The monoisotopic (exact) mass is 431 g/mol. The third-order valence-electron chi connectivity index (χ3n) is 4.17. The Hall–Kier alpha value is -2.97. The predicted molar refractivity (Wildman–Crippen MR) is 110 cm³/mol. The minimum Gasteiger partial charge on any atom is -0.324 e. The predicted octanol–water partition coefficient (Wildman–Crippen LogP) is 2.99. The number of amides is 1. The maximum absolute atomic E-state index is 12.8. The maximum atomic E-state index is 12.8. The van der Waals surface area contributed by atoms with Crippen LogP contribution >= 0.6 is 11.6 Å². The number of carbonyl (C=O) groups is 1. The van der Waals surface area contributed by atoms with Crippen molar-refractivity contribution in [1.29, 1.82) is 0 Å². The Labute approximate surface area is 172 Å². The van der Waals surface area contributed by atoms with Gasteiger partial charge in [0.1, 0.15) is 6.54 Å². The summed E-state index contributed by atoms with van der Waals surface area (Å²) in [6, 6.07) is 13.6. The first kappa shape index (κ1) is 20.8. The number of hydrogen-bond donors (Lipinski definition) is 1. The minimum absolute atomic E-state index is 0.0638. The van der Waals surface area contributed by atoms with E-state index in [0.717, 1.165) is 27.9 Å². The quantitative estimate of drug-likeness (QED) is 0.669. The van der Waals surface area contributed by atoms with Crippen LogP contribution in [0.5, 0.6) is 0 Å². The summed E-state index contributed by atoms with van der Waals surface area (Å²) in [5.74, 6) is -0.537. The van der Waals surface area contributed by atoms with Gasteiger partial charge in [-0.15, -0.1) is 0 Å². The summed E-state index contributed by atoms with van der Waals surface area (Å²) in [5.41, 5.74) is 1.50. The molecule has 3 rings (SSSR count). The molecule has 0 spiro atoms. The van der Waals surface area contributed by atoms with E-state index in [2.05, 4.69) is 10.4 Å². The van der Waals surface area contributed by atoms with Gasteiger partial charge in [0.25, 0.3) is 5.56 Å². The molecular weight excluding hydrogens is 414 g/mol. The van der Waals surface area contributed by atoms with Crippen LogP contribution in [0, 0.1) is 13.8 Å². The summed E-state index contributed by atoms with van der Waals surface area (Å²) < 4.78 is 26.4. The van der Waals surface area contributed by atoms with E-state index in [4.69, 9.17) is 11.6 Å². The second kappa shape index (κ2) is 8.18. The lowest BCUT2D eigenvalue weighted by Gasteiger charge is -2.10. The van der Waals surface area contributed by atoms with E-state index < -0.39 is 27.8 Å². The lowest BCUT2D eigenvalue weighted by molar-refractivity contribution is -0.117. The van der Waals surface area contributed by atoms with Crippen molar-refractivity contribution >= 4 is 33.0 Å². The van der Waals surface area contributed by atoms with Crippen LogP contribution in [0.25, 0.3) is 0 Å². The SMILES string of the molecule is Cc1cccc(S(=O)(=O)c2ccc(=O)n(CC(=O)Nc3ccc(C)c(Cl)c3)n2)c1. The summed E-state index contributed by atoms with van der Waals surface area (Å²) >= 11 is 6.04. The lowest BCUT2D eigenvalue weighted by Crippen LogP contribution is -2.30. The molecule has 3 aromatic rings. The number of rotatable bonds is 5. The van der Waals surface area contributed by atoms with Crippen LogP contribution < -0.4 is 10.9 Å². The number of sulfone groups is 1. The normalized spacial score (nSPS) is 11.3. The first-order valence-corrected chi connectivity index (χ1v) is 10.5. The van der Waals surface area contributed by atoms with Gasteiger partial charge in [-0.05, 0) is 55.3 Å². The van der Waals surface area contributed by atoms with E-state index in [1.54, 1.807) is 37.3 Å². The minimum atomic E-state index is -3.93. The molecule has 0 aliphatic rings. The fourth-order valence-corrected chi connectivity index (χ4v) is 4.07. The van der Waals surface area contributed by atoms with Crippen molar-refractivity contribution < 1.29 is 13.2 Å². The molecule has 29 heavy (non-hydrogen) atoms. The molecule has 1 aromatic heterocycles. The fourth-order valence-electron chi connectivity index (χ4n) is 2.60. The van der Waals surface area contributed by atoms with Gasteiger partial charge in [-0.25, -0.2) is 13.1 Å². The van der Waals surface area contributed by atoms with Gasteiger partial charge >= 0.3 is 0 Å². The van der Waals surface area contributed by atoms with E-state index in [0.29, 0.717) is 10.7 Å². The molecule has 0 aliphatic heterocycles. The van der Waals surface area contributed by atoms with Crippen LogP contribution in [0.2, 0.25) is 5.02 Å². The molecule has 0 unspecified atom stereocenters. The van der Waals surface area contributed by atoms with Crippen molar-refractivity contribution in [3.8, 4) is 0 Å². The molecule has 150 valence electrons. The number of anilines is 1. The van der Waals surface area contributed by atoms with Crippen molar-refractivity contribution in [2.75, 3.05) is 5.32 Å². The van der Waals surface area contributed by atoms with E-state index >= 15 is 0 Å². The summed E-state index contributed by atoms with van der Waals surface area (Å²) in [6.45, 7) is 3.16. The highest BCUT2D eigenvalue weighted by molar-refractivity contribution is 7.91. The number of benzene rings is 2. The molecule has 0 fully saturated rings. The first-order valence-electron chi connectivity index (χ1n) is 8.63. The fraction of sp³-hybridized carbons (Fsp3) is 0.150. The van der Waals surface area contributed by atoms with E-state index in [1.165, 1.54) is 12.1 Å². The average molecular weight is 432 g/mol. The Morgan fingerprint density at radius 1 is 1.10 bits per heavy atom. The van der Waals surface area contributed by atoms with Crippen LogP contribution in [-0.4, -0.2) is 24.1 Å². The van der Waals surface area contributed by atoms with E-state index in [-0.39, 0.29) is 9.92 Å². The highest BCUT2D eigenvalue weighted by Crippen LogP contribution is 2.20. The zero-order chi connectivity index (χ0) is 21.2. The van der Waals surface area contributed by atoms with Crippen LogP contribution in [0.4, 0.5) is 5.69 Å². The molecule has 0 bridgehead atoms. The van der Waals surface area contributed by atoms with Gasteiger partial charge in [-0.2, -0.15) is 5.10 Å². The largest absolute Gasteiger partial charge is 0.324 e. The Morgan fingerprint density at radius 3 is 2.55 bits per heavy atom. The molecule has 7 nitrogen and oxygen atoms in total. The highest BCUT2D eigenvalue weighted by atomic mass is 35.5. The first-order chi connectivity index (χ1) is 13.7. The smallest absolute Gasteiger partial charge is 0.267 e. The second-order valence-corrected chi connectivity index (χ2v) is 8.80. The Bertz CT molecular complexity index is 1250. The Balaban J connectivity index is 1.86. The van der Waals surface area contributed by atoms with E-state index in [9.17, 15) is 18.0 Å². The summed E-state index contributed by atoms with van der Waals surface area (Å²) in [4.78, 5) is 24.4. The number of hydrogen-bond acceptors (Lipinski definition) is 5. The summed E-state index contributed by atoms with van der Waals surface area (Å²) in [7, 11) is -3.93. The summed E-state index contributed by atoms with van der Waals surface area (Å²) in [6.07, 6.45) is 0.